The molecule has 0 bridgehead atoms. The van der Waals surface area contributed by atoms with E-state index in [9.17, 15) is 0 Å². The molecule has 0 saturated carbocycles. The quantitative estimate of drug-likeness (QED) is 0.461. The summed E-state index contributed by atoms with van der Waals surface area (Å²) in [7, 11) is 9.67. The van der Waals surface area contributed by atoms with Crippen molar-refractivity contribution >= 4 is 23.4 Å². The van der Waals surface area contributed by atoms with E-state index in [1.54, 1.807) is 42.7 Å². The van der Waals surface area contributed by atoms with Gasteiger partial charge < -0.3 is 39.1 Å². The molecule has 0 fully saturated rings. The summed E-state index contributed by atoms with van der Waals surface area (Å²) in [5.74, 6) is 3.95. The molecule has 2 aromatic carbocycles. The Morgan fingerprint density at radius 3 is 1.76 bits per heavy atom. The Hall–Kier alpha value is -3.59. The zero-order chi connectivity index (χ0) is 26.7. The summed E-state index contributed by atoms with van der Waals surface area (Å²) in [6.45, 7) is 2.26. The highest BCUT2D eigenvalue weighted by Gasteiger charge is 2.34. The molecule has 37 heavy (non-hydrogen) atoms. The van der Waals surface area contributed by atoms with Crippen LogP contribution in [0.15, 0.2) is 41.1 Å². The van der Waals surface area contributed by atoms with Crippen LogP contribution in [0, 0.1) is 5.92 Å². The largest absolute Gasteiger partial charge is 0.493 e. The molecule has 2 N–H and O–H groups in total. The molecule has 198 valence electrons. The van der Waals surface area contributed by atoms with Gasteiger partial charge in [0, 0.05) is 5.70 Å². The number of hydrogen-bond donors (Lipinski definition) is 2. The van der Waals surface area contributed by atoms with Crippen LogP contribution >= 0.6 is 12.2 Å². The first-order chi connectivity index (χ1) is 17.9. The minimum atomic E-state index is -0.149. The zero-order valence-corrected chi connectivity index (χ0v) is 23.1. The van der Waals surface area contributed by atoms with Gasteiger partial charge in [-0.25, -0.2) is 0 Å². The fraction of sp³-hybridized carbons (Fsp3) is 0.393. The van der Waals surface area contributed by atoms with Crippen molar-refractivity contribution in [2.75, 3.05) is 42.7 Å². The van der Waals surface area contributed by atoms with Gasteiger partial charge in [0.15, 0.2) is 28.1 Å². The first-order valence-corrected chi connectivity index (χ1v) is 12.4. The minimum Gasteiger partial charge on any atom is -0.493 e. The van der Waals surface area contributed by atoms with E-state index >= 15 is 0 Å². The maximum Gasteiger partial charge on any atom is 0.203 e. The highest BCUT2D eigenvalue weighted by Crippen LogP contribution is 2.46. The van der Waals surface area contributed by atoms with Crippen molar-refractivity contribution in [1.82, 2.24) is 10.6 Å². The molecule has 2 aliphatic rings. The second kappa shape index (κ2) is 11.2. The third-order valence-corrected chi connectivity index (χ3v) is 6.91. The molecule has 1 heterocycles. The molecule has 2 unspecified atom stereocenters. The van der Waals surface area contributed by atoms with Crippen LogP contribution in [0.4, 0.5) is 0 Å². The summed E-state index contributed by atoms with van der Waals surface area (Å²) in [5.41, 5.74) is 5.34. The monoisotopic (exact) mass is 526 g/mol. The summed E-state index contributed by atoms with van der Waals surface area (Å²) in [4.78, 5) is 0. The SMILES string of the molecule is COc1cc(/C=C2\CC(C)CC3=C2NC(=S)NC3c2cc(OC)c(OC)c(OC)c2)cc(OC)c1OC. The van der Waals surface area contributed by atoms with Crippen LogP contribution in [0.3, 0.4) is 0 Å². The van der Waals surface area contributed by atoms with Crippen molar-refractivity contribution in [2.24, 2.45) is 5.92 Å². The van der Waals surface area contributed by atoms with Crippen molar-refractivity contribution in [1.29, 1.82) is 0 Å². The lowest BCUT2D eigenvalue weighted by Crippen LogP contribution is -2.45. The average Bonchev–Trinajstić information content (AvgIpc) is 2.91. The van der Waals surface area contributed by atoms with Gasteiger partial charge in [-0.15, -0.1) is 0 Å². The highest BCUT2D eigenvalue weighted by atomic mass is 32.1. The van der Waals surface area contributed by atoms with Crippen LogP contribution in [0.5, 0.6) is 34.5 Å². The van der Waals surface area contributed by atoms with Gasteiger partial charge in [0.25, 0.3) is 0 Å². The maximum absolute atomic E-state index is 5.65. The summed E-state index contributed by atoms with van der Waals surface area (Å²) >= 11 is 5.65. The molecular weight excluding hydrogens is 492 g/mol. The number of allylic oxidation sites excluding steroid dienone is 1. The lowest BCUT2D eigenvalue weighted by atomic mass is 9.78. The molecule has 0 radical (unpaired) electrons. The van der Waals surface area contributed by atoms with E-state index in [2.05, 4.69) is 23.6 Å². The first kappa shape index (κ1) is 26.5. The number of ether oxygens (including phenoxy) is 6. The van der Waals surface area contributed by atoms with E-state index in [-0.39, 0.29) is 6.04 Å². The zero-order valence-electron chi connectivity index (χ0n) is 22.3. The third kappa shape index (κ3) is 5.13. The summed E-state index contributed by atoms with van der Waals surface area (Å²) < 4.78 is 33.4. The molecule has 9 heteroatoms. The molecule has 2 atom stereocenters. The second-order valence-corrected chi connectivity index (χ2v) is 9.44. The maximum atomic E-state index is 5.65. The first-order valence-electron chi connectivity index (χ1n) is 12.0. The number of nitrogens with one attached hydrogen (secondary N) is 2. The van der Waals surface area contributed by atoms with Crippen molar-refractivity contribution in [2.45, 2.75) is 25.8 Å². The standard InChI is InChI=1S/C28H34N2O6S/c1-15-8-17(10-16-11-20(31-2)26(35-6)21(12-16)32-3)24-19(9-15)25(30-28(37)29-24)18-13-22(33-4)27(36-7)23(14-18)34-5/h10-15,25H,8-9H2,1-7H3,(H2,29,30,37)/b17-10+. The molecule has 1 aliphatic carbocycles. The Morgan fingerprint density at radius 2 is 1.27 bits per heavy atom. The molecule has 0 spiro atoms. The molecule has 8 nitrogen and oxygen atoms in total. The van der Waals surface area contributed by atoms with Crippen LogP contribution in [-0.4, -0.2) is 47.8 Å². The second-order valence-electron chi connectivity index (χ2n) is 9.03. The Labute approximate surface area is 223 Å². The van der Waals surface area contributed by atoms with Gasteiger partial charge in [0.1, 0.15) is 0 Å². The van der Waals surface area contributed by atoms with Crippen molar-refractivity contribution in [3.05, 3.63) is 52.2 Å². The van der Waals surface area contributed by atoms with Crippen LogP contribution in [-0.2, 0) is 0 Å². The Bertz CT molecular complexity index is 1210. The number of benzene rings is 2. The molecule has 4 rings (SSSR count). The normalized spacial score (nSPS) is 20.0. The Morgan fingerprint density at radius 1 is 0.757 bits per heavy atom. The van der Waals surface area contributed by atoms with Gasteiger partial charge >= 0.3 is 0 Å². The van der Waals surface area contributed by atoms with E-state index in [0.29, 0.717) is 45.5 Å². The van der Waals surface area contributed by atoms with E-state index in [1.807, 2.05) is 24.3 Å². The van der Waals surface area contributed by atoms with Gasteiger partial charge in [0.2, 0.25) is 11.5 Å². The molecule has 1 aliphatic heterocycles. The van der Waals surface area contributed by atoms with E-state index in [1.165, 1.54) is 5.57 Å². The van der Waals surface area contributed by atoms with E-state index < -0.39 is 0 Å². The lowest BCUT2D eigenvalue weighted by Gasteiger charge is -2.38. The summed E-state index contributed by atoms with van der Waals surface area (Å²) in [5, 5.41) is 7.44. The average molecular weight is 527 g/mol. The number of thiocarbonyl (C=S) groups is 1. The predicted octanol–water partition coefficient (Wildman–Crippen LogP) is 5.02. The Kier molecular flexibility index (Phi) is 8.02. The van der Waals surface area contributed by atoms with Crippen LogP contribution in [0.1, 0.15) is 36.9 Å². The van der Waals surface area contributed by atoms with Gasteiger partial charge in [-0.2, -0.15) is 0 Å². The highest BCUT2D eigenvalue weighted by molar-refractivity contribution is 7.80. The molecule has 2 aromatic rings. The van der Waals surface area contributed by atoms with Gasteiger partial charge in [-0.05, 0) is 83.6 Å². The van der Waals surface area contributed by atoms with E-state index in [0.717, 1.165) is 35.2 Å². The third-order valence-electron chi connectivity index (χ3n) is 6.69. The number of hydrogen-bond acceptors (Lipinski definition) is 7. The smallest absolute Gasteiger partial charge is 0.203 e. The van der Waals surface area contributed by atoms with Crippen molar-refractivity contribution in [3.8, 4) is 34.5 Å². The number of rotatable bonds is 8. The Balaban J connectivity index is 1.85. The van der Waals surface area contributed by atoms with Crippen LogP contribution in [0.2, 0.25) is 0 Å². The fourth-order valence-electron chi connectivity index (χ4n) is 5.09. The van der Waals surface area contributed by atoms with Gasteiger partial charge in [-0.1, -0.05) is 6.92 Å². The van der Waals surface area contributed by atoms with Gasteiger partial charge in [0.05, 0.1) is 48.7 Å². The molecule has 0 aromatic heterocycles. The topological polar surface area (TPSA) is 79.4 Å². The molecule has 0 amide bonds. The van der Waals surface area contributed by atoms with Crippen LogP contribution in [0.25, 0.3) is 6.08 Å². The van der Waals surface area contributed by atoms with Gasteiger partial charge in [-0.3, -0.25) is 0 Å². The fourth-order valence-corrected chi connectivity index (χ4v) is 5.31. The predicted molar refractivity (Wildman–Crippen MR) is 147 cm³/mol. The molecule has 0 saturated heterocycles. The number of methoxy groups -OCH3 is 6. The van der Waals surface area contributed by atoms with Crippen molar-refractivity contribution in [3.63, 3.8) is 0 Å². The summed E-state index contributed by atoms with van der Waals surface area (Å²) in [6, 6.07) is 7.69. The minimum absolute atomic E-state index is 0.149. The van der Waals surface area contributed by atoms with Crippen LogP contribution < -0.4 is 39.1 Å². The van der Waals surface area contributed by atoms with Crippen molar-refractivity contribution < 1.29 is 28.4 Å². The molecular formula is C28H34N2O6S. The lowest BCUT2D eigenvalue weighted by molar-refractivity contribution is 0.323. The summed E-state index contributed by atoms with van der Waals surface area (Å²) in [6.07, 6.45) is 3.96. The van der Waals surface area contributed by atoms with E-state index in [4.69, 9.17) is 40.6 Å².